The smallest absolute Gasteiger partial charge is 0.243 e. The van der Waals surface area contributed by atoms with Crippen LogP contribution in [0.25, 0.3) is 0 Å². The average molecular weight is 407 g/mol. The van der Waals surface area contributed by atoms with Crippen molar-refractivity contribution >= 4 is 15.9 Å². The van der Waals surface area contributed by atoms with E-state index >= 15 is 0 Å². The molecule has 1 aliphatic carbocycles. The molecule has 0 spiro atoms. The summed E-state index contributed by atoms with van der Waals surface area (Å²) in [6.07, 6.45) is 9.85. The van der Waals surface area contributed by atoms with Gasteiger partial charge in [-0.15, -0.1) is 0 Å². The Bertz CT molecular complexity index is 755. The predicted molar refractivity (Wildman–Crippen MR) is 111 cm³/mol. The molecule has 1 saturated heterocycles. The van der Waals surface area contributed by atoms with Crippen molar-refractivity contribution in [1.82, 2.24) is 9.62 Å². The Morgan fingerprint density at radius 1 is 1.11 bits per heavy atom. The first kappa shape index (κ1) is 21.3. The summed E-state index contributed by atoms with van der Waals surface area (Å²) in [5, 5.41) is 3.11. The van der Waals surface area contributed by atoms with Gasteiger partial charge in [0.2, 0.25) is 15.9 Å². The highest BCUT2D eigenvalue weighted by Crippen LogP contribution is 2.27. The third kappa shape index (κ3) is 5.57. The Kier molecular flexibility index (Phi) is 7.52. The molecule has 1 N–H and O–H groups in total. The zero-order chi connectivity index (χ0) is 20.0. The number of amides is 1. The van der Waals surface area contributed by atoms with E-state index in [0.29, 0.717) is 30.4 Å². The Labute approximate surface area is 169 Å². The highest BCUT2D eigenvalue weighted by atomic mass is 32.2. The number of benzene rings is 1. The lowest BCUT2D eigenvalue weighted by atomic mass is 9.90. The molecule has 2 aliphatic rings. The molecular formula is C22H34N2O3S. The van der Waals surface area contributed by atoms with E-state index in [2.05, 4.69) is 5.32 Å². The Balaban J connectivity index is 1.45. The van der Waals surface area contributed by atoms with Crippen LogP contribution in [0.3, 0.4) is 0 Å². The second-order valence-corrected chi connectivity index (χ2v) is 10.4. The fraction of sp³-hybridized carbons (Fsp3) is 0.682. The first-order valence-corrected chi connectivity index (χ1v) is 12.3. The molecular weight excluding hydrogens is 372 g/mol. The maximum Gasteiger partial charge on any atom is 0.243 e. The monoisotopic (exact) mass is 406 g/mol. The van der Waals surface area contributed by atoms with Gasteiger partial charge in [-0.2, -0.15) is 4.31 Å². The van der Waals surface area contributed by atoms with Crippen molar-refractivity contribution < 1.29 is 13.2 Å². The van der Waals surface area contributed by atoms with Crippen molar-refractivity contribution in [2.75, 3.05) is 19.6 Å². The largest absolute Gasteiger partial charge is 0.356 e. The summed E-state index contributed by atoms with van der Waals surface area (Å²) in [6, 6.07) is 7.11. The quantitative estimate of drug-likeness (QED) is 0.780. The third-order valence-corrected chi connectivity index (χ3v) is 8.06. The molecule has 1 unspecified atom stereocenters. The molecule has 1 aliphatic heterocycles. The molecule has 28 heavy (non-hydrogen) atoms. The minimum absolute atomic E-state index is 0.169. The summed E-state index contributed by atoms with van der Waals surface area (Å²) in [4.78, 5) is 12.8. The van der Waals surface area contributed by atoms with Crippen LogP contribution < -0.4 is 5.32 Å². The number of carbonyl (C=O) groups is 1. The van der Waals surface area contributed by atoms with Gasteiger partial charge in [0.15, 0.2) is 0 Å². The maximum atomic E-state index is 12.8. The summed E-state index contributed by atoms with van der Waals surface area (Å²) >= 11 is 0. The molecule has 5 nitrogen and oxygen atoms in total. The minimum Gasteiger partial charge on any atom is -0.356 e. The molecule has 0 bridgehead atoms. The first-order valence-electron chi connectivity index (χ1n) is 10.8. The van der Waals surface area contributed by atoms with Crippen molar-refractivity contribution in [3.8, 4) is 0 Å². The van der Waals surface area contributed by atoms with Crippen molar-refractivity contribution in [2.45, 2.75) is 69.6 Å². The van der Waals surface area contributed by atoms with E-state index in [-0.39, 0.29) is 11.8 Å². The standard InChI is InChI=1S/C22H34N2O3S/c1-18-8-7-11-21(16-18)28(26,27)24-15-13-19(17-24)12-14-23-22(25)20-9-5-3-2-4-6-10-20/h7-8,11,16,19-20H,2-6,9-10,12-15,17H2,1H3,(H,23,25). The Morgan fingerprint density at radius 2 is 1.82 bits per heavy atom. The molecule has 1 aromatic carbocycles. The summed E-state index contributed by atoms with van der Waals surface area (Å²) < 4.78 is 27.3. The number of hydrogen-bond donors (Lipinski definition) is 1. The molecule has 1 aromatic rings. The van der Waals surface area contributed by atoms with E-state index in [0.717, 1.165) is 44.1 Å². The Morgan fingerprint density at radius 3 is 2.54 bits per heavy atom. The summed E-state index contributed by atoms with van der Waals surface area (Å²) in [6.45, 7) is 3.68. The number of hydrogen-bond acceptors (Lipinski definition) is 3. The molecule has 156 valence electrons. The normalized spacial score (nSPS) is 22.5. The predicted octanol–water partition coefficient (Wildman–Crippen LogP) is 3.87. The van der Waals surface area contributed by atoms with Crippen LogP contribution in [-0.4, -0.2) is 38.3 Å². The molecule has 0 aromatic heterocycles. The van der Waals surface area contributed by atoms with Crippen LogP contribution in [-0.2, 0) is 14.8 Å². The third-order valence-electron chi connectivity index (χ3n) is 6.20. The van der Waals surface area contributed by atoms with Crippen molar-refractivity contribution in [3.05, 3.63) is 29.8 Å². The number of nitrogens with zero attached hydrogens (tertiary/aromatic N) is 1. The lowest BCUT2D eigenvalue weighted by Gasteiger charge is -2.20. The van der Waals surface area contributed by atoms with Crippen molar-refractivity contribution in [1.29, 1.82) is 0 Å². The van der Waals surface area contributed by atoms with E-state index in [4.69, 9.17) is 0 Å². The number of rotatable bonds is 6. The van der Waals surface area contributed by atoms with Gasteiger partial charge in [0.1, 0.15) is 0 Å². The molecule has 1 amide bonds. The zero-order valence-electron chi connectivity index (χ0n) is 17.0. The van der Waals surface area contributed by atoms with Gasteiger partial charge < -0.3 is 5.32 Å². The van der Waals surface area contributed by atoms with Gasteiger partial charge >= 0.3 is 0 Å². The number of sulfonamides is 1. The van der Waals surface area contributed by atoms with Crippen molar-refractivity contribution in [3.63, 3.8) is 0 Å². The van der Waals surface area contributed by atoms with Gasteiger partial charge in [-0.1, -0.05) is 44.2 Å². The van der Waals surface area contributed by atoms with Gasteiger partial charge in [-0.3, -0.25) is 4.79 Å². The van der Waals surface area contributed by atoms with E-state index in [1.165, 1.54) is 19.3 Å². The Hall–Kier alpha value is -1.40. The highest BCUT2D eigenvalue weighted by molar-refractivity contribution is 7.89. The molecule has 1 atom stereocenters. The van der Waals surface area contributed by atoms with E-state index in [1.807, 2.05) is 13.0 Å². The zero-order valence-corrected chi connectivity index (χ0v) is 17.8. The molecule has 6 heteroatoms. The molecule has 2 fully saturated rings. The van der Waals surface area contributed by atoms with Crippen LogP contribution >= 0.6 is 0 Å². The molecule has 3 rings (SSSR count). The van der Waals surface area contributed by atoms with Gasteiger partial charge in [0, 0.05) is 25.6 Å². The first-order chi connectivity index (χ1) is 13.5. The van der Waals surface area contributed by atoms with Crippen LogP contribution in [0.5, 0.6) is 0 Å². The minimum atomic E-state index is -3.41. The van der Waals surface area contributed by atoms with Gasteiger partial charge in [-0.05, 0) is 56.2 Å². The van der Waals surface area contributed by atoms with Crippen LogP contribution in [0.4, 0.5) is 0 Å². The average Bonchev–Trinajstić information content (AvgIpc) is 3.11. The molecule has 1 heterocycles. The second kappa shape index (κ2) is 9.88. The van der Waals surface area contributed by atoms with Gasteiger partial charge in [0.05, 0.1) is 4.90 Å². The topological polar surface area (TPSA) is 66.5 Å². The van der Waals surface area contributed by atoms with Crippen LogP contribution in [0, 0.1) is 18.8 Å². The number of aryl methyl sites for hydroxylation is 1. The summed E-state index contributed by atoms with van der Waals surface area (Å²) in [7, 11) is -3.41. The van der Waals surface area contributed by atoms with Crippen molar-refractivity contribution in [2.24, 2.45) is 11.8 Å². The van der Waals surface area contributed by atoms with Crippen LogP contribution in [0.2, 0.25) is 0 Å². The molecule has 0 radical (unpaired) electrons. The SMILES string of the molecule is Cc1cccc(S(=O)(=O)N2CCC(CCNC(=O)C3CCCCCCC3)C2)c1. The lowest BCUT2D eigenvalue weighted by molar-refractivity contribution is -0.125. The highest BCUT2D eigenvalue weighted by Gasteiger charge is 2.32. The van der Waals surface area contributed by atoms with Crippen LogP contribution in [0.15, 0.2) is 29.2 Å². The number of carbonyl (C=O) groups excluding carboxylic acids is 1. The maximum absolute atomic E-state index is 12.8. The summed E-state index contributed by atoms with van der Waals surface area (Å²) in [5.41, 5.74) is 0.953. The number of nitrogens with one attached hydrogen (secondary N) is 1. The van der Waals surface area contributed by atoms with E-state index < -0.39 is 10.0 Å². The van der Waals surface area contributed by atoms with Crippen LogP contribution in [0.1, 0.15) is 63.4 Å². The van der Waals surface area contributed by atoms with E-state index in [1.54, 1.807) is 22.5 Å². The fourth-order valence-corrected chi connectivity index (χ4v) is 6.07. The van der Waals surface area contributed by atoms with E-state index in [9.17, 15) is 13.2 Å². The molecule has 1 saturated carbocycles. The van der Waals surface area contributed by atoms with Gasteiger partial charge in [0.25, 0.3) is 0 Å². The summed E-state index contributed by atoms with van der Waals surface area (Å²) in [5.74, 6) is 0.684. The lowest BCUT2D eigenvalue weighted by Crippen LogP contribution is -2.33. The fourth-order valence-electron chi connectivity index (χ4n) is 4.44. The second-order valence-electron chi connectivity index (χ2n) is 8.46. The van der Waals surface area contributed by atoms with Gasteiger partial charge in [-0.25, -0.2) is 8.42 Å².